The molecule has 1 N–H and O–H groups in total. The van der Waals surface area contributed by atoms with E-state index in [4.69, 9.17) is 4.74 Å². The lowest BCUT2D eigenvalue weighted by atomic mass is 9.58. The Kier molecular flexibility index (Phi) is 2.53. The first-order valence-corrected chi connectivity index (χ1v) is 8.63. The van der Waals surface area contributed by atoms with Gasteiger partial charge >= 0.3 is 0 Å². The van der Waals surface area contributed by atoms with Crippen molar-refractivity contribution >= 4 is 5.69 Å². The van der Waals surface area contributed by atoms with E-state index in [1.165, 1.54) is 43.6 Å². The summed E-state index contributed by atoms with van der Waals surface area (Å²) < 4.78 is 5.64. The van der Waals surface area contributed by atoms with E-state index in [1.54, 1.807) is 12.7 Å². The van der Waals surface area contributed by atoms with Crippen LogP contribution in [0.2, 0.25) is 0 Å². The van der Waals surface area contributed by atoms with E-state index in [-0.39, 0.29) is 5.41 Å². The van der Waals surface area contributed by atoms with Crippen molar-refractivity contribution in [2.75, 3.05) is 25.5 Å². The van der Waals surface area contributed by atoms with Crippen LogP contribution in [0.4, 0.5) is 5.69 Å². The maximum atomic E-state index is 5.64. The van der Waals surface area contributed by atoms with Gasteiger partial charge in [-0.15, -0.1) is 0 Å². The highest BCUT2D eigenvalue weighted by atomic mass is 16.5. The Balaban J connectivity index is 1.74. The molecule has 1 aromatic carbocycles. The maximum Gasteiger partial charge on any atom is 0.142 e. The lowest BCUT2D eigenvalue weighted by molar-refractivity contribution is 0.124. The van der Waals surface area contributed by atoms with Crippen molar-refractivity contribution in [2.24, 2.45) is 5.92 Å². The van der Waals surface area contributed by atoms with Gasteiger partial charge in [0.05, 0.1) is 12.8 Å². The van der Waals surface area contributed by atoms with Crippen LogP contribution >= 0.6 is 0 Å². The Bertz CT molecular complexity index is 667. The van der Waals surface area contributed by atoms with Gasteiger partial charge in [0.15, 0.2) is 0 Å². The Morgan fingerprint density at radius 2 is 2.27 bits per heavy atom. The quantitative estimate of drug-likeness (QED) is 0.806. The number of nitrogens with zero attached hydrogens (tertiary/aromatic N) is 1. The van der Waals surface area contributed by atoms with E-state index in [9.17, 15) is 0 Å². The molecule has 2 saturated heterocycles. The smallest absolute Gasteiger partial charge is 0.142 e. The second-order valence-electron chi connectivity index (χ2n) is 7.32. The first-order valence-electron chi connectivity index (χ1n) is 8.63. The molecule has 116 valence electrons. The number of nitrogens with one attached hydrogen (secondary N) is 1. The molecule has 1 aliphatic carbocycles. The van der Waals surface area contributed by atoms with Gasteiger partial charge in [-0.25, -0.2) is 0 Å². The Labute approximate surface area is 132 Å². The van der Waals surface area contributed by atoms with Crippen molar-refractivity contribution in [3.05, 3.63) is 35.4 Å². The summed E-state index contributed by atoms with van der Waals surface area (Å²) in [5, 5.41) is 3.87. The Hall–Kier alpha value is -1.48. The average molecular weight is 296 g/mol. The summed E-state index contributed by atoms with van der Waals surface area (Å²) in [5.41, 5.74) is 4.74. The molecule has 4 aliphatic rings. The number of anilines is 1. The zero-order chi connectivity index (χ0) is 14.9. The van der Waals surface area contributed by atoms with Gasteiger partial charge in [0, 0.05) is 17.5 Å². The summed E-state index contributed by atoms with van der Waals surface area (Å²) in [7, 11) is 1.79. The van der Waals surface area contributed by atoms with Crippen LogP contribution in [0.1, 0.15) is 31.7 Å². The molecular weight excluding hydrogens is 272 g/mol. The molecule has 5 rings (SSSR count). The van der Waals surface area contributed by atoms with Gasteiger partial charge in [-0.3, -0.25) is 4.90 Å². The van der Waals surface area contributed by atoms with Crippen molar-refractivity contribution in [3.63, 3.8) is 0 Å². The number of methoxy groups -OCH3 is 1. The SMILES string of the molecule is CC=C1[C@@H]2CCN3CC[C@]4(c5cccc(OC)c5N[C@H]4C2)[C@@H]13. The molecule has 0 unspecified atom stereocenters. The second kappa shape index (κ2) is 4.29. The molecule has 3 heteroatoms. The number of fused-ring (bicyclic) bond motifs is 2. The number of hydrogen-bond donors (Lipinski definition) is 1. The molecule has 4 atom stereocenters. The summed E-state index contributed by atoms with van der Waals surface area (Å²) >= 11 is 0. The average Bonchev–Trinajstić information content (AvgIpc) is 3.10. The van der Waals surface area contributed by atoms with Crippen molar-refractivity contribution in [2.45, 2.75) is 43.7 Å². The largest absolute Gasteiger partial charge is 0.495 e. The summed E-state index contributed by atoms with van der Waals surface area (Å²) in [5.74, 6) is 1.78. The summed E-state index contributed by atoms with van der Waals surface area (Å²) in [6.45, 7) is 4.76. The van der Waals surface area contributed by atoms with Crippen molar-refractivity contribution in [1.29, 1.82) is 0 Å². The lowest BCUT2D eigenvalue weighted by Gasteiger charge is -2.52. The fraction of sp³-hybridized carbons (Fsp3) is 0.579. The molecule has 0 aromatic heterocycles. The van der Waals surface area contributed by atoms with E-state index >= 15 is 0 Å². The molecule has 2 bridgehead atoms. The molecule has 3 fully saturated rings. The van der Waals surface area contributed by atoms with E-state index in [0.717, 1.165) is 11.7 Å². The molecule has 0 amide bonds. The highest BCUT2D eigenvalue weighted by molar-refractivity contribution is 5.72. The maximum absolute atomic E-state index is 5.64. The van der Waals surface area contributed by atoms with Crippen LogP contribution in [-0.4, -0.2) is 37.2 Å². The first-order chi connectivity index (χ1) is 10.8. The molecular formula is C19H24N2O. The van der Waals surface area contributed by atoms with E-state index in [1.807, 2.05) is 0 Å². The number of ether oxygens (including phenoxy) is 1. The number of rotatable bonds is 1. The molecule has 3 nitrogen and oxygen atoms in total. The lowest BCUT2D eigenvalue weighted by Crippen LogP contribution is -2.58. The summed E-state index contributed by atoms with van der Waals surface area (Å²) in [4.78, 5) is 2.74. The summed E-state index contributed by atoms with van der Waals surface area (Å²) in [6.07, 6.45) is 6.31. The number of piperidine rings is 1. The van der Waals surface area contributed by atoms with Crippen molar-refractivity contribution in [1.82, 2.24) is 4.90 Å². The molecule has 3 aliphatic heterocycles. The predicted octanol–water partition coefficient (Wildman–Crippen LogP) is 3.17. The molecule has 0 radical (unpaired) electrons. The number of para-hydroxylation sites is 1. The van der Waals surface area contributed by atoms with Crippen molar-refractivity contribution < 1.29 is 4.74 Å². The molecule has 1 saturated carbocycles. The highest BCUT2D eigenvalue weighted by Gasteiger charge is 2.63. The number of allylic oxidation sites excluding steroid dienone is 1. The minimum atomic E-state index is 0.267. The molecule has 1 spiro atoms. The van der Waals surface area contributed by atoms with E-state index in [2.05, 4.69) is 41.4 Å². The van der Waals surface area contributed by atoms with Crippen LogP contribution in [0.5, 0.6) is 5.75 Å². The van der Waals surface area contributed by atoms with Gasteiger partial charge in [0.25, 0.3) is 0 Å². The van der Waals surface area contributed by atoms with Gasteiger partial charge in [0.2, 0.25) is 0 Å². The third kappa shape index (κ3) is 1.32. The molecule has 22 heavy (non-hydrogen) atoms. The zero-order valence-electron chi connectivity index (χ0n) is 13.4. The van der Waals surface area contributed by atoms with Gasteiger partial charge < -0.3 is 10.1 Å². The minimum Gasteiger partial charge on any atom is -0.495 e. The predicted molar refractivity (Wildman–Crippen MR) is 88.5 cm³/mol. The normalized spacial score (nSPS) is 40.3. The van der Waals surface area contributed by atoms with Gasteiger partial charge in [0.1, 0.15) is 5.75 Å². The van der Waals surface area contributed by atoms with Crippen LogP contribution < -0.4 is 10.1 Å². The number of benzene rings is 1. The van der Waals surface area contributed by atoms with Gasteiger partial charge in [-0.1, -0.05) is 23.8 Å². The summed E-state index contributed by atoms with van der Waals surface area (Å²) in [6, 6.07) is 7.79. The minimum absolute atomic E-state index is 0.267. The highest BCUT2D eigenvalue weighted by Crippen LogP contribution is 2.61. The fourth-order valence-electron chi connectivity index (χ4n) is 5.96. The topological polar surface area (TPSA) is 24.5 Å². The van der Waals surface area contributed by atoms with E-state index < -0.39 is 0 Å². The standard InChI is InChI=1S/C19H24N2O/c1-3-13-12-7-9-21-10-8-19(18(13)21)14-5-4-6-15(22-2)17(14)20-16(19)11-12/h3-6,12,16,18,20H,7-11H2,1-2H3/t12-,16+,18-,19-/m1/s1. The monoisotopic (exact) mass is 296 g/mol. The zero-order valence-corrected chi connectivity index (χ0v) is 13.4. The van der Waals surface area contributed by atoms with Crippen LogP contribution in [-0.2, 0) is 5.41 Å². The van der Waals surface area contributed by atoms with E-state index in [0.29, 0.717) is 12.1 Å². The Morgan fingerprint density at radius 1 is 1.36 bits per heavy atom. The fourth-order valence-corrected chi connectivity index (χ4v) is 5.96. The van der Waals surface area contributed by atoms with Crippen LogP contribution in [0.25, 0.3) is 0 Å². The number of hydrogen-bond acceptors (Lipinski definition) is 3. The third-order valence-corrected chi connectivity index (χ3v) is 6.76. The van der Waals surface area contributed by atoms with Crippen LogP contribution in [0, 0.1) is 5.92 Å². The van der Waals surface area contributed by atoms with Gasteiger partial charge in [-0.05, 0) is 56.8 Å². The van der Waals surface area contributed by atoms with Crippen molar-refractivity contribution in [3.8, 4) is 5.75 Å². The molecule has 1 aromatic rings. The third-order valence-electron chi connectivity index (χ3n) is 6.76. The van der Waals surface area contributed by atoms with Crippen LogP contribution in [0.3, 0.4) is 0 Å². The first kappa shape index (κ1) is 13.0. The molecule has 3 heterocycles. The Morgan fingerprint density at radius 3 is 3.09 bits per heavy atom. The van der Waals surface area contributed by atoms with Gasteiger partial charge in [-0.2, -0.15) is 0 Å². The second-order valence-corrected chi connectivity index (χ2v) is 7.32. The van der Waals surface area contributed by atoms with Crippen LogP contribution in [0.15, 0.2) is 29.8 Å².